The maximum atomic E-state index is 13.7. The van der Waals surface area contributed by atoms with Crippen molar-refractivity contribution < 1.29 is 19.2 Å². The molecule has 0 amide bonds. The summed E-state index contributed by atoms with van der Waals surface area (Å²) in [5.41, 5.74) is -0.985. The zero-order valence-electron chi connectivity index (χ0n) is 11.6. The quantitative estimate of drug-likeness (QED) is 0.641. The molecule has 0 aromatic heterocycles. The van der Waals surface area contributed by atoms with Crippen LogP contribution >= 0.6 is 0 Å². The summed E-state index contributed by atoms with van der Waals surface area (Å²) in [5, 5.41) is 19.9. The fourth-order valence-corrected chi connectivity index (χ4v) is 1.95. The number of nitrogens with zero attached hydrogens (tertiary/aromatic N) is 2. The molecule has 1 rings (SSSR count). The largest absolute Gasteiger partial charge is 0.478 e. The molecule has 6 nitrogen and oxygen atoms in total. The van der Waals surface area contributed by atoms with Crippen LogP contribution in [0.1, 0.15) is 31.1 Å². The predicted octanol–water partition coefficient (Wildman–Crippen LogP) is 2.91. The molecule has 0 unspecified atom stereocenters. The molecular weight excluding hydrogens is 267 g/mol. The van der Waals surface area contributed by atoms with Gasteiger partial charge in [-0.25, -0.2) is 9.18 Å². The molecule has 0 saturated carbocycles. The van der Waals surface area contributed by atoms with Gasteiger partial charge in [-0.15, -0.1) is 0 Å². The number of benzene rings is 1. The zero-order chi connectivity index (χ0) is 15.4. The Morgan fingerprint density at radius 1 is 1.50 bits per heavy atom. The molecule has 0 spiro atoms. The van der Waals surface area contributed by atoms with Crippen LogP contribution in [-0.4, -0.2) is 29.1 Å². The van der Waals surface area contributed by atoms with Crippen molar-refractivity contribution in [3.63, 3.8) is 0 Å². The first-order chi connectivity index (χ1) is 9.27. The lowest BCUT2D eigenvalue weighted by Gasteiger charge is -2.25. The number of hydrogen-bond acceptors (Lipinski definition) is 4. The van der Waals surface area contributed by atoms with Crippen molar-refractivity contribution in [3.05, 3.63) is 33.6 Å². The van der Waals surface area contributed by atoms with Crippen molar-refractivity contribution in [2.24, 2.45) is 5.92 Å². The van der Waals surface area contributed by atoms with Gasteiger partial charge < -0.3 is 10.0 Å². The fourth-order valence-electron chi connectivity index (χ4n) is 1.95. The molecule has 0 saturated heterocycles. The molecule has 0 heterocycles. The highest BCUT2D eigenvalue weighted by molar-refractivity contribution is 5.90. The average molecular weight is 284 g/mol. The summed E-state index contributed by atoms with van der Waals surface area (Å²) in [4.78, 5) is 22.9. The van der Waals surface area contributed by atoms with Crippen LogP contribution in [0.3, 0.4) is 0 Å². The van der Waals surface area contributed by atoms with Crippen LogP contribution in [-0.2, 0) is 0 Å². The Balaban J connectivity index is 3.40. The Morgan fingerprint density at radius 3 is 2.50 bits per heavy atom. The van der Waals surface area contributed by atoms with Crippen molar-refractivity contribution in [1.29, 1.82) is 0 Å². The van der Waals surface area contributed by atoms with Gasteiger partial charge in [-0.3, -0.25) is 10.1 Å². The number of nitro benzene ring substituents is 1. The lowest BCUT2D eigenvalue weighted by molar-refractivity contribution is -0.384. The first kappa shape index (κ1) is 15.9. The minimum Gasteiger partial charge on any atom is -0.478 e. The van der Waals surface area contributed by atoms with Crippen LogP contribution in [0.15, 0.2) is 12.1 Å². The Hall–Kier alpha value is -2.18. The lowest BCUT2D eigenvalue weighted by atomic mass is 10.1. The van der Waals surface area contributed by atoms with Crippen LogP contribution < -0.4 is 4.90 Å². The molecular formula is C13H17FN2O4. The topological polar surface area (TPSA) is 83.7 Å². The summed E-state index contributed by atoms with van der Waals surface area (Å²) in [7, 11) is 0. The molecule has 0 radical (unpaired) electrons. The lowest BCUT2D eigenvalue weighted by Crippen LogP contribution is -2.28. The fraction of sp³-hybridized carbons (Fsp3) is 0.462. The summed E-state index contributed by atoms with van der Waals surface area (Å²) in [6.07, 6.45) is 0. The summed E-state index contributed by atoms with van der Waals surface area (Å²) < 4.78 is 13.7. The first-order valence-corrected chi connectivity index (χ1v) is 6.24. The van der Waals surface area contributed by atoms with E-state index in [4.69, 9.17) is 5.11 Å². The Labute approximate surface area is 116 Å². The predicted molar refractivity (Wildman–Crippen MR) is 72.7 cm³/mol. The number of rotatable bonds is 6. The molecule has 20 heavy (non-hydrogen) atoms. The molecule has 0 aliphatic rings. The number of halogens is 1. The van der Waals surface area contributed by atoms with Crippen LogP contribution in [0, 0.1) is 21.8 Å². The summed E-state index contributed by atoms with van der Waals surface area (Å²) in [5.74, 6) is -2.26. The van der Waals surface area contributed by atoms with Gasteiger partial charge in [-0.05, 0) is 12.8 Å². The van der Waals surface area contributed by atoms with Crippen molar-refractivity contribution in [3.8, 4) is 0 Å². The highest BCUT2D eigenvalue weighted by Crippen LogP contribution is 2.31. The number of hydrogen-bond donors (Lipinski definition) is 1. The molecule has 0 atom stereocenters. The van der Waals surface area contributed by atoms with E-state index < -0.39 is 28.0 Å². The third kappa shape index (κ3) is 3.43. The van der Waals surface area contributed by atoms with Gasteiger partial charge in [0.2, 0.25) is 0 Å². The highest BCUT2D eigenvalue weighted by Gasteiger charge is 2.25. The number of carboxylic acid groups (broad SMARTS) is 1. The Kier molecular flexibility index (Phi) is 5.01. The molecule has 1 N–H and O–H groups in total. The number of anilines is 1. The first-order valence-electron chi connectivity index (χ1n) is 6.24. The van der Waals surface area contributed by atoms with E-state index in [1.807, 2.05) is 13.8 Å². The Morgan fingerprint density at radius 2 is 2.10 bits per heavy atom. The highest BCUT2D eigenvalue weighted by atomic mass is 19.1. The van der Waals surface area contributed by atoms with Gasteiger partial charge in [0.15, 0.2) is 0 Å². The monoisotopic (exact) mass is 284 g/mol. The summed E-state index contributed by atoms with van der Waals surface area (Å²) >= 11 is 0. The summed E-state index contributed by atoms with van der Waals surface area (Å²) in [6, 6.07) is 1.70. The number of nitro groups is 1. The minimum absolute atomic E-state index is 0.105. The van der Waals surface area contributed by atoms with E-state index >= 15 is 0 Å². The van der Waals surface area contributed by atoms with Gasteiger partial charge >= 0.3 is 5.97 Å². The second-order valence-corrected chi connectivity index (χ2v) is 4.82. The normalized spacial score (nSPS) is 10.7. The van der Waals surface area contributed by atoms with Gasteiger partial charge in [0.1, 0.15) is 17.1 Å². The summed E-state index contributed by atoms with van der Waals surface area (Å²) in [6.45, 7) is 6.66. The van der Waals surface area contributed by atoms with E-state index in [-0.39, 0.29) is 11.6 Å². The molecule has 0 fully saturated rings. The maximum Gasteiger partial charge on any atom is 0.338 e. The average Bonchev–Trinajstić information content (AvgIpc) is 2.34. The third-order valence-electron chi connectivity index (χ3n) is 2.80. The van der Waals surface area contributed by atoms with Gasteiger partial charge in [0.25, 0.3) is 5.69 Å². The van der Waals surface area contributed by atoms with E-state index in [0.29, 0.717) is 13.1 Å². The van der Waals surface area contributed by atoms with Crippen molar-refractivity contribution in [1.82, 2.24) is 0 Å². The van der Waals surface area contributed by atoms with Crippen LogP contribution in [0.4, 0.5) is 15.8 Å². The molecule has 0 aliphatic carbocycles. The maximum absolute atomic E-state index is 13.7. The van der Waals surface area contributed by atoms with Gasteiger partial charge in [-0.2, -0.15) is 0 Å². The molecule has 1 aromatic carbocycles. The standard InChI is InChI=1S/C13H17FN2O4/c1-4-15(7-8(2)3)11-6-10(14)9(13(17)18)5-12(11)16(19)20/h5-6,8H,4,7H2,1-3H3,(H,17,18). The second kappa shape index (κ2) is 6.31. The third-order valence-corrected chi connectivity index (χ3v) is 2.80. The number of aromatic carboxylic acids is 1. The van der Waals surface area contributed by atoms with Gasteiger partial charge in [0.05, 0.1) is 4.92 Å². The molecule has 0 aliphatic heterocycles. The van der Waals surface area contributed by atoms with E-state index in [1.54, 1.807) is 11.8 Å². The van der Waals surface area contributed by atoms with Crippen molar-refractivity contribution in [2.75, 3.05) is 18.0 Å². The second-order valence-electron chi connectivity index (χ2n) is 4.82. The molecule has 1 aromatic rings. The van der Waals surface area contributed by atoms with E-state index in [9.17, 15) is 19.3 Å². The van der Waals surface area contributed by atoms with E-state index in [1.165, 1.54) is 0 Å². The van der Waals surface area contributed by atoms with Crippen LogP contribution in [0.2, 0.25) is 0 Å². The van der Waals surface area contributed by atoms with Gasteiger partial charge in [-0.1, -0.05) is 13.8 Å². The van der Waals surface area contributed by atoms with Crippen molar-refractivity contribution >= 4 is 17.3 Å². The SMILES string of the molecule is CCN(CC(C)C)c1cc(F)c(C(=O)O)cc1[N+](=O)[O-]. The van der Waals surface area contributed by atoms with Crippen LogP contribution in [0.25, 0.3) is 0 Å². The van der Waals surface area contributed by atoms with E-state index in [2.05, 4.69) is 0 Å². The molecule has 7 heteroatoms. The van der Waals surface area contributed by atoms with Crippen LogP contribution in [0.5, 0.6) is 0 Å². The number of carboxylic acids is 1. The van der Waals surface area contributed by atoms with E-state index in [0.717, 1.165) is 12.1 Å². The van der Waals surface area contributed by atoms with Crippen molar-refractivity contribution in [2.45, 2.75) is 20.8 Å². The minimum atomic E-state index is -1.52. The zero-order valence-corrected chi connectivity index (χ0v) is 11.6. The molecule has 110 valence electrons. The Bertz CT molecular complexity index is 531. The molecule has 0 bridgehead atoms. The number of carbonyl (C=O) groups is 1. The van der Waals surface area contributed by atoms with Gasteiger partial charge in [0, 0.05) is 25.2 Å². The smallest absolute Gasteiger partial charge is 0.338 e.